The summed E-state index contributed by atoms with van der Waals surface area (Å²) >= 11 is 4.82. The molecule has 2 unspecified atom stereocenters. The molecule has 5 N–H and O–H groups in total. The lowest BCUT2D eigenvalue weighted by molar-refractivity contribution is -0.362. The van der Waals surface area contributed by atoms with Crippen LogP contribution in [0.15, 0.2) is 17.1 Å². The van der Waals surface area contributed by atoms with Crippen molar-refractivity contribution in [2.24, 2.45) is 5.73 Å². The molecule has 10 heteroatoms. The minimum absolute atomic E-state index is 0.178. The van der Waals surface area contributed by atoms with Gasteiger partial charge in [0.2, 0.25) is 0 Å². The Kier molecular flexibility index (Phi) is 4.54. The molecule has 0 aromatic carbocycles. The summed E-state index contributed by atoms with van der Waals surface area (Å²) in [5, 5.41) is 19.4. The standard InChI is InChI=1S/C11H15N3O6S/c12-5-9(15)20-11(17,18)6-1-2-8(19-6)14-4-3-7(21)13-10(14)16/h3-4,6,8,17-18H,1-2,5,12H2,(H,13,16,21). The maximum atomic E-state index is 11.7. The third-order valence-electron chi connectivity index (χ3n) is 3.01. The third kappa shape index (κ3) is 3.54. The Hall–Kier alpha value is -1.59. The zero-order chi connectivity index (χ0) is 15.6. The van der Waals surface area contributed by atoms with Crippen LogP contribution < -0.4 is 11.4 Å². The molecule has 0 spiro atoms. The second kappa shape index (κ2) is 6.03. The Morgan fingerprint density at radius 1 is 1.62 bits per heavy atom. The number of esters is 1. The molecule has 2 atom stereocenters. The van der Waals surface area contributed by atoms with Crippen molar-refractivity contribution in [3.05, 3.63) is 27.4 Å². The number of nitrogens with two attached hydrogens (primary N) is 1. The number of H-pyrrole nitrogens is 1. The Bertz CT molecular complexity index is 639. The molecule has 1 saturated heterocycles. The van der Waals surface area contributed by atoms with Crippen molar-refractivity contribution in [1.82, 2.24) is 9.55 Å². The van der Waals surface area contributed by atoms with Gasteiger partial charge < -0.3 is 25.4 Å². The first-order valence-electron chi connectivity index (χ1n) is 6.17. The summed E-state index contributed by atoms with van der Waals surface area (Å²) in [7, 11) is 0. The van der Waals surface area contributed by atoms with Crippen LogP contribution >= 0.6 is 12.2 Å². The van der Waals surface area contributed by atoms with Crippen molar-refractivity contribution < 1.29 is 24.5 Å². The van der Waals surface area contributed by atoms with E-state index in [0.29, 0.717) is 6.42 Å². The summed E-state index contributed by atoms with van der Waals surface area (Å²) in [5.41, 5.74) is 4.56. The minimum Gasteiger partial charge on any atom is -0.405 e. The second-order valence-electron chi connectivity index (χ2n) is 4.51. The van der Waals surface area contributed by atoms with Gasteiger partial charge in [-0.15, -0.1) is 0 Å². The number of aromatic amines is 1. The fraction of sp³-hybridized carbons (Fsp3) is 0.545. The number of hydrogen-bond acceptors (Lipinski definition) is 8. The van der Waals surface area contributed by atoms with Crippen LogP contribution in [0.3, 0.4) is 0 Å². The molecule has 1 aromatic heterocycles. The van der Waals surface area contributed by atoms with Crippen LogP contribution in [0, 0.1) is 4.64 Å². The van der Waals surface area contributed by atoms with Crippen molar-refractivity contribution in [1.29, 1.82) is 0 Å². The summed E-state index contributed by atoms with van der Waals surface area (Å²) in [6.45, 7) is -0.492. The van der Waals surface area contributed by atoms with Crippen molar-refractivity contribution >= 4 is 18.2 Å². The molecule has 0 bridgehead atoms. The molecule has 21 heavy (non-hydrogen) atoms. The smallest absolute Gasteiger partial charge is 0.352 e. The lowest BCUT2D eigenvalue weighted by atomic mass is 10.2. The molecule has 9 nitrogen and oxygen atoms in total. The number of carbonyl (C=O) groups is 1. The normalized spacial score (nSPS) is 22.2. The molecule has 1 fully saturated rings. The second-order valence-corrected chi connectivity index (χ2v) is 4.95. The fourth-order valence-corrected chi connectivity index (χ4v) is 2.18. The first kappa shape index (κ1) is 15.8. The Balaban J connectivity index is 2.11. The topological polar surface area (TPSA) is 140 Å². The van der Waals surface area contributed by atoms with Gasteiger partial charge in [0.1, 0.15) is 10.9 Å². The summed E-state index contributed by atoms with van der Waals surface area (Å²) in [6.07, 6.45) is 0.0458. The zero-order valence-corrected chi connectivity index (χ0v) is 11.7. The first-order chi connectivity index (χ1) is 9.83. The van der Waals surface area contributed by atoms with E-state index in [-0.39, 0.29) is 11.1 Å². The van der Waals surface area contributed by atoms with E-state index in [9.17, 15) is 19.8 Å². The van der Waals surface area contributed by atoms with Crippen molar-refractivity contribution in [3.63, 3.8) is 0 Å². The summed E-state index contributed by atoms with van der Waals surface area (Å²) in [4.78, 5) is 25.2. The first-order valence-corrected chi connectivity index (χ1v) is 6.58. The minimum atomic E-state index is -2.80. The number of carbonyl (C=O) groups excluding carboxylic acids is 1. The highest BCUT2D eigenvalue weighted by Crippen LogP contribution is 2.32. The third-order valence-corrected chi connectivity index (χ3v) is 3.25. The SMILES string of the molecule is NCC(=O)OC(O)(O)C1CCC(n2ccc(=S)[nH]c2=O)O1. The highest BCUT2D eigenvalue weighted by molar-refractivity contribution is 7.71. The van der Waals surface area contributed by atoms with Gasteiger partial charge in [-0.2, -0.15) is 0 Å². The molecular formula is C11H15N3O6S. The van der Waals surface area contributed by atoms with Crippen LogP contribution in [-0.4, -0.2) is 44.4 Å². The van der Waals surface area contributed by atoms with E-state index in [1.165, 1.54) is 16.8 Å². The molecule has 1 aromatic rings. The van der Waals surface area contributed by atoms with Crippen LogP contribution in [0.5, 0.6) is 0 Å². The molecule has 2 heterocycles. The van der Waals surface area contributed by atoms with Crippen molar-refractivity contribution in [2.75, 3.05) is 6.54 Å². The van der Waals surface area contributed by atoms with E-state index < -0.39 is 36.5 Å². The Morgan fingerprint density at radius 2 is 2.33 bits per heavy atom. The van der Waals surface area contributed by atoms with Gasteiger partial charge in [-0.3, -0.25) is 14.3 Å². The molecule has 0 radical (unpaired) electrons. The molecule has 1 aliphatic heterocycles. The largest absolute Gasteiger partial charge is 0.405 e. The van der Waals surface area contributed by atoms with Gasteiger partial charge in [-0.1, -0.05) is 12.2 Å². The van der Waals surface area contributed by atoms with Gasteiger partial charge in [0, 0.05) is 6.20 Å². The molecule has 0 amide bonds. The molecule has 2 rings (SSSR count). The van der Waals surface area contributed by atoms with E-state index in [2.05, 4.69) is 9.72 Å². The Labute approximate surface area is 123 Å². The lowest BCUT2D eigenvalue weighted by Gasteiger charge is -2.27. The molecular weight excluding hydrogens is 302 g/mol. The van der Waals surface area contributed by atoms with Crippen LogP contribution in [0.1, 0.15) is 19.1 Å². The summed E-state index contributed by atoms with van der Waals surface area (Å²) in [5.74, 6) is -3.77. The maximum Gasteiger partial charge on any atom is 0.352 e. The van der Waals surface area contributed by atoms with Gasteiger partial charge in [0.15, 0.2) is 6.10 Å². The van der Waals surface area contributed by atoms with Crippen molar-refractivity contribution in [2.45, 2.75) is 31.1 Å². The molecule has 1 aliphatic rings. The number of hydrogen-bond donors (Lipinski definition) is 4. The molecule has 0 aliphatic carbocycles. The average Bonchev–Trinajstić information content (AvgIpc) is 2.88. The monoisotopic (exact) mass is 317 g/mol. The number of ether oxygens (including phenoxy) is 2. The summed E-state index contributed by atoms with van der Waals surface area (Å²) < 4.78 is 11.3. The number of nitrogens with zero attached hydrogens (tertiary/aromatic N) is 1. The summed E-state index contributed by atoms with van der Waals surface area (Å²) in [6, 6.07) is 1.51. The van der Waals surface area contributed by atoms with E-state index >= 15 is 0 Å². The number of rotatable bonds is 4. The highest BCUT2D eigenvalue weighted by atomic mass is 32.1. The van der Waals surface area contributed by atoms with Gasteiger partial charge in [-0.05, 0) is 18.9 Å². The van der Waals surface area contributed by atoms with Gasteiger partial charge in [0.25, 0.3) is 0 Å². The number of aromatic nitrogens is 2. The maximum absolute atomic E-state index is 11.7. The van der Waals surface area contributed by atoms with Crippen LogP contribution in [-0.2, 0) is 14.3 Å². The predicted octanol–water partition coefficient (Wildman–Crippen LogP) is -1.28. The number of aliphatic hydroxyl groups is 2. The predicted molar refractivity (Wildman–Crippen MR) is 71.3 cm³/mol. The van der Waals surface area contributed by atoms with Gasteiger partial charge in [-0.25, -0.2) is 4.79 Å². The highest BCUT2D eigenvalue weighted by Gasteiger charge is 2.45. The van der Waals surface area contributed by atoms with E-state index in [1.807, 2.05) is 0 Å². The van der Waals surface area contributed by atoms with Crippen LogP contribution in [0.2, 0.25) is 0 Å². The van der Waals surface area contributed by atoms with Crippen LogP contribution in [0.4, 0.5) is 0 Å². The molecule has 116 valence electrons. The molecule has 0 saturated carbocycles. The average molecular weight is 317 g/mol. The quantitative estimate of drug-likeness (QED) is 0.306. The van der Waals surface area contributed by atoms with E-state index in [1.54, 1.807) is 0 Å². The van der Waals surface area contributed by atoms with Gasteiger partial charge in [0.05, 0.1) is 6.54 Å². The van der Waals surface area contributed by atoms with E-state index in [0.717, 1.165) is 0 Å². The lowest BCUT2D eigenvalue weighted by Crippen LogP contribution is -2.47. The number of nitrogens with one attached hydrogen (secondary N) is 1. The fourth-order valence-electron chi connectivity index (χ4n) is 2.03. The van der Waals surface area contributed by atoms with Gasteiger partial charge >= 0.3 is 17.6 Å². The van der Waals surface area contributed by atoms with Crippen LogP contribution in [0.25, 0.3) is 0 Å². The van der Waals surface area contributed by atoms with E-state index in [4.69, 9.17) is 22.7 Å². The zero-order valence-electron chi connectivity index (χ0n) is 10.9. The van der Waals surface area contributed by atoms with Crippen molar-refractivity contribution in [3.8, 4) is 0 Å². The Morgan fingerprint density at radius 3 is 2.95 bits per heavy atom.